The molecule has 0 aromatic carbocycles. The van der Waals surface area contributed by atoms with Crippen molar-refractivity contribution in [1.82, 2.24) is 0 Å². The van der Waals surface area contributed by atoms with Crippen LogP contribution in [0.1, 0.15) is 28.6 Å². The summed E-state index contributed by atoms with van der Waals surface area (Å²) in [6.45, 7) is 1.92. The van der Waals surface area contributed by atoms with Gasteiger partial charge in [-0.2, -0.15) is 0 Å². The first-order valence-corrected chi connectivity index (χ1v) is 5.04. The zero-order valence-electron chi connectivity index (χ0n) is 7.49. The van der Waals surface area contributed by atoms with Gasteiger partial charge in [0.15, 0.2) is 0 Å². The lowest BCUT2D eigenvalue weighted by Gasteiger charge is -2.03. The largest absolute Gasteiger partial charge is 0.477 e. The maximum absolute atomic E-state index is 10.7. The normalized spacial score (nSPS) is 12.8. The van der Waals surface area contributed by atoms with Crippen LogP contribution in [0.25, 0.3) is 0 Å². The monoisotopic (exact) mass is 199 g/mol. The van der Waals surface area contributed by atoms with Crippen LogP contribution in [0.2, 0.25) is 0 Å². The minimum Gasteiger partial charge on any atom is -0.477 e. The molecule has 3 N–H and O–H groups in total. The minimum absolute atomic E-state index is 0.126. The predicted molar refractivity (Wildman–Crippen MR) is 53.2 cm³/mol. The van der Waals surface area contributed by atoms with Gasteiger partial charge in [-0.3, -0.25) is 0 Å². The molecule has 0 radical (unpaired) electrons. The van der Waals surface area contributed by atoms with E-state index in [2.05, 4.69) is 0 Å². The van der Waals surface area contributed by atoms with Gasteiger partial charge in [-0.1, -0.05) is 0 Å². The maximum Gasteiger partial charge on any atom is 0.346 e. The van der Waals surface area contributed by atoms with Gasteiger partial charge < -0.3 is 10.8 Å². The van der Waals surface area contributed by atoms with E-state index < -0.39 is 5.97 Å². The molecule has 0 aliphatic rings. The fraction of sp³-hybridized carbons (Fsp3) is 0.444. The van der Waals surface area contributed by atoms with Crippen LogP contribution in [0.4, 0.5) is 0 Å². The van der Waals surface area contributed by atoms with Crippen molar-refractivity contribution in [2.24, 2.45) is 5.73 Å². The van der Waals surface area contributed by atoms with Crippen molar-refractivity contribution in [2.45, 2.75) is 25.8 Å². The number of rotatable bonds is 4. The van der Waals surface area contributed by atoms with Crippen molar-refractivity contribution in [1.29, 1.82) is 0 Å². The lowest BCUT2D eigenvalue weighted by atomic mass is 10.1. The average Bonchev–Trinajstić information content (AvgIpc) is 2.47. The summed E-state index contributed by atoms with van der Waals surface area (Å²) in [6.07, 6.45) is 1.58. The molecule has 72 valence electrons. The van der Waals surface area contributed by atoms with Gasteiger partial charge >= 0.3 is 5.97 Å². The number of aryl methyl sites for hydroxylation is 1. The second-order valence-electron chi connectivity index (χ2n) is 3.10. The Morgan fingerprint density at radius 1 is 1.77 bits per heavy atom. The van der Waals surface area contributed by atoms with Crippen LogP contribution in [0.3, 0.4) is 0 Å². The molecule has 1 atom stereocenters. The van der Waals surface area contributed by atoms with Gasteiger partial charge in [0.2, 0.25) is 0 Å². The van der Waals surface area contributed by atoms with E-state index in [0.29, 0.717) is 4.88 Å². The van der Waals surface area contributed by atoms with E-state index in [1.54, 1.807) is 5.38 Å². The quantitative estimate of drug-likeness (QED) is 0.776. The van der Waals surface area contributed by atoms with Crippen molar-refractivity contribution in [2.75, 3.05) is 0 Å². The molecular formula is C9H13NO2S. The average molecular weight is 199 g/mol. The summed E-state index contributed by atoms with van der Waals surface area (Å²) in [6, 6.07) is 1.98. The van der Waals surface area contributed by atoms with E-state index in [9.17, 15) is 4.79 Å². The molecule has 0 saturated carbocycles. The highest BCUT2D eigenvalue weighted by molar-refractivity contribution is 7.12. The third-order valence-corrected chi connectivity index (χ3v) is 2.75. The van der Waals surface area contributed by atoms with Gasteiger partial charge in [0.25, 0.3) is 0 Å². The topological polar surface area (TPSA) is 63.3 Å². The summed E-state index contributed by atoms with van der Waals surface area (Å²) in [5, 5.41) is 10.6. The number of carbonyl (C=O) groups is 1. The molecule has 0 saturated heterocycles. The first kappa shape index (κ1) is 10.2. The Labute approximate surface area is 81.2 Å². The third-order valence-electron chi connectivity index (χ3n) is 1.81. The summed E-state index contributed by atoms with van der Waals surface area (Å²) in [4.78, 5) is 11.2. The molecule has 1 rings (SSSR count). The van der Waals surface area contributed by atoms with Gasteiger partial charge in [0.1, 0.15) is 4.88 Å². The van der Waals surface area contributed by atoms with E-state index in [0.717, 1.165) is 18.4 Å². The number of thiophene rings is 1. The highest BCUT2D eigenvalue weighted by Crippen LogP contribution is 2.18. The summed E-state index contributed by atoms with van der Waals surface area (Å²) in [7, 11) is 0. The Hall–Kier alpha value is -0.870. The molecule has 0 spiro atoms. The van der Waals surface area contributed by atoms with Crippen molar-refractivity contribution in [3.8, 4) is 0 Å². The molecule has 1 heterocycles. The molecule has 1 aromatic rings. The zero-order valence-corrected chi connectivity index (χ0v) is 8.30. The van der Waals surface area contributed by atoms with E-state index in [4.69, 9.17) is 10.8 Å². The van der Waals surface area contributed by atoms with E-state index in [1.807, 2.05) is 13.0 Å². The first-order valence-electron chi connectivity index (χ1n) is 4.16. The van der Waals surface area contributed by atoms with Crippen LogP contribution in [0.15, 0.2) is 11.4 Å². The smallest absolute Gasteiger partial charge is 0.346 e. The number of hydrogen-bond donors (Lipinski definition) is 2. The first-order chi connectivity index (χ1) is 6.11. The molecule has 0 fully saturated rings. The fourth-order valence-corrected chi connectivity index (χ4v) is 1.89. The van der Waals surface area contributed by atoms with Crippen LogP contribution >= 0.6 is 11.3 Å². The van der Waals surface area contributed by atoms with E-state index in [-0.39, 0.29) is 6.04 Å². The number of hydrogen-bond acceptors (Lipinski definition) is 3. The van der Waals surface area contributed by atoms with Gasteiger partial charge in [0, 0.05) is 6.04 Å². The Morgan fingerprint density at radius 3 is 3.00 bits per heavy atom. The molecule has 13 heavy (non-hydrogen) atoms. The van der Waals surface area contributed by atoms with Crippen molar-refractivity contribution in [3.05, 3.63) is 21.9 Å². The van der Waals surface area contributed by atoms with Gasteiger partial charge in [0.05, 0.1) is 0 Å². The number of carboxylic acid groups (broad SMARTS) is 1. The molecule has 0 aliphatic heterocycles. The summed E-state index contributed by atoms with van der Waals surface area (Å²) in [5.41, 5.74) is 6.49. The van der Waals surface area contributed by atoms with E-state index in [1.165, 1.54) is 11.3 Å². The van der Waals surface area contributed by atoms with Crippen molar-refractivity contribution >= 4 is 17.3 Å². The summed E-state index contributed by atoms with van der Waals surface area (Å²) >= 11 is 1.27. The molecule has 3 nitrogen and oxygen atoms in total. The highest BCUT2D eigenvalue weighted by Gasteiger charge is 2.11. The Morgan fingerprint density at radius 2 is 2.46 bits per heavy atom. The van der Waals surface area contributed by atoms with Crippen LogP contribution in [-0.2, 0) is 6.42 Å². The van der Waals surface area contributed by atoms with Crippen LogP contribution in [0, 0.1) is 0 Å². The molecule has 1 aromatic heterocycles. The predicted octanol–water partition coefficient (Wildman–Crippen LogP) is 1.73. The lowest BCUT2D eigenvalue weighted by Crippen LogP contribution is -2.15. The number of carboxylic acids is 1. The second-order valence-corrected chi connectivity index (χ2v) is 4.01. The van der Waals surface area contributed by atoms with E-state index >= 15 is 0 Å². The Bertz CT molecular complexity index is 294. The SMILES string of the molecule is CC(N)CCc1ccsc1C(=O)O. The van der Waals surface area contributed by atoms with Crippen LogP contribution in [0.5, 0.6) is 0 Å². The van der Waals surface area contributed by atoms with Gasteiger partial charge in [-0.15, -0.1) is 11.3 Å². The van der Waals surface area contributed by atoms with Crippen LogP contribution in [-0.4, -0.2) is 17.1 Å². The molecule has 4 heteroatoms. The summed E-state index contributed by atoms with van der Waals surface area (Å²) < 4.78 is 0. The minimum atomic E-state index is -0.838. The zero-order chi connectivity index (χ0) is 9.84. The fourth-order valence-electron chi connectivity index (χ4n) is 1.10. The standard InChI is InChI=1S/C9H13NO2S/c1-6(10)2-3-7-4-5-13-8(7)9(11)12/h4-6H,2-3,10H2,1H3,(H,11,12). The van der Waals surface area contributed by atoms with Gasteiger partial charge in [-0.25, -0.2) is 4.79 Å². The second kappa shape index (κ2) is 4.39. The van der Waals surface area contributed by atoms with Crippen molar-refractivity contribution < 1.29 is 9.90 Å². The van der Waals surface area contributed by atoms with Crippen LogP contribution < -0.4 is 5.73 Å². The Balaban J connectivity index is 2.65. The molecule has 0 bridgehead atoms. The Kier molecular flexibility index (Phi) is 3.45. The maximum atomic E-state index is 10.7. The molecule has 1 unspecified atom stereocenters. The lowest BCUT2D eigenvalue weighted by molar-refractivity contribution is 0.0701. The van der Waals surface area contributed by atoms with Crippen molar-refractivity contribution in [3.63, 3.8) is 0 Å². The molecule has 0 aliphatic carbocycles. The number of nitrogens with two attached hydrogens (primary N) is 1. The van der Waals surface area contributed by atoms with Gasteiger partial charge in [-0.05, 0) is 36.8 Å². The highest BCUT2D eigenvalue weighted by atomic mass is 32.1. The summed E-state index contributed by atoms with van der Waals surface area (Å²) in [5.74, 6) is -0.838. The third kappa shape index (κ3) is 2.82. The number of aromatic carboxylic acids is 1. The molecule has 0 amide bonds. The molecular weight excluding hydrogens is 186 g/mol.